The summed E-state index contributed by atoms with van der Waals surface area (Å²) in [6, 6.07) is 4.68. The molecule has 116 valence electrons. The van der Waals surface area contributed by atoms with Crippen molar-refractivity contribution in [3.05, 3.63) is 34.6 Å². The lowest BCUT2D eigenvalue weighted by molar-refractivity contribution is -0.145. The normalized spacial score (nSPS) is 26.0. The maximum absolute atomic E-state index is 13.2. The van der Waals surface area contributed by atoms with Crippen LogP contribution >= 0.6 is 11.6 Å². The molecule has 0 aliphatic heterocycles. The molecule has 1 aromatic carbocycles. The number of hydrogen-bond donors (Lipinski definition) is 1. The molecule has 1 fully saturated rings. The number of hydrogen-bond acceptors (Lipinski definition) is 1. The third-order valence-electron chi connectivity index (χ3n) is 4.76. The molecule has 0 bridgehead atoms. The van der Waals surface area contributed by atoms with Crippen LogP contribution in [0.25, 0.3) is 0 Å². The van der Waals surface area contributed by atoms with Gasteiger partial charge in [0.2, 0.25) is 0 Å². The second kappa shape index (κ2) is 6.78. The number of aliphatic carboxylic acids is 1. The molecule has 1 aliphatic rings. The third-order valence-corrected chi connectivity index (χ3v) is 5.05. The Morgan fingerprint density at radius 3 is 2.71 bits per heavy atom. The minimum absolute atomic E-state index is 0.102. The Kier molecular flexibility index (Phi) is 5.26. The number of benzene rings is 1. The van der Waals surface area contributed by atoms with E-state index in [0.717, 1.165) is 24.8 Å². The van der Waals surface area contributed by atoms with Crippen molar-refractivity contribution in [3.8, 4) is 0 Å². The van der Waals surface area contributed by atoms with Gasteiger partial charge >= 0.3 is 5.97 Å². The number of carboxylic acid groups (broad SMARTS) is 1. The van der Waals surface area contributed by atoms with Gasteiger partial charge in [-0.3, -0.25) is 4.79 Å². The molecule has 4 heteroatoms. The predicted octanol–water partition coefficient (Wildman–Crippen LogP) is 4.79. The van der Waals surface area contributed by atoms with Crippen LogP contribution in [-0.4, -0.2) is 11.1 Å². The Morgan fingerprint density at radius 1 is 1.43 bits per heavy atom. The summed E-state index contributed by atoms with van der Waals surface area (Å²) in [5.74, 6) is -0.205. The predicted molar refractivity (Wildman–Crippen MR) is 81.9 cm³/mol. The number of rotatable bonds is 4. The summed E-state index contributed by atoms with van der Waals surface area (Å²) in [6.07, 6.45) is 3.29. The fraction of sp³-hybridized carbons (Fsp3) is 0.588. The lowest BCUT2D eigenvalue weighted by atomic mass is 9.69. The van der Waals surface area contributed by atoms with Gasteiger partial charge in [0, 0.05) is 0 Å². The summed E-state index contributed by atoms with van der Waals surface area (Å²) >= 11 is 5.82. The first kappa shape index (κ1) is 16.3. The molecule has 0 aromatic heterocycles. The summed E-state index contributed by atoms with van der Waals surface area (Å²) in [5, 5.41) is 9.53. The highest BCUT2D eigenvalue weighted by molar-refractivity contribution is 6.30. The van der Waals surface area contributed by atoms with Gasteiger partial charge in [0.15, 0.2) is 0 Å². The highest BCUT2D eigenvalue weighted by Crippen LogP contribution is 2.39. The number of carboxylic acids is 1. The monoisotopic (exact) mass is 312 g/mol. The summed E-state index contributed by atoms with van der Waals surface area (Å²) < 4.78 is 13.2. The molecule has 3 unspecified atom stereocenters. The Bertz CT molecular complexity index is 516. The van der Waals surface area contributed by atoms with Gasteiger partial charge < -0.3 is 5.11 Å². The van der Waals surface area contributed by atoms with E-state index in [9.17, 15) is 14.3 Å². The van der Waals surface area contributed by atoms with Crippen LogP contribution in [0.4, 0.5) is 4.39 Å². The van der Waals surface area contributed by atoms with Crippen LogP contribution in [0.2, 0.25) is 5.02 Å². The van der Waals surface area contributed by atoms with Crippen LogP contribution in [-0.2, 0) is 11.2 Å². The van der Waals surface area contributed by atoms with Crippen molar-refractivity contribution < 1.29 is 14.3 Å². The maximum atomic E-state index is 13.2. The summed E-state index contributed by atoms with van der Waals surface area (Å²) in [5.41, 5.74) is 0.919. The molecule has 0 spiro atoms. The first-order chi connectivity index (χ1) is 9.88. The highest BCUT2D eigenvalue weighted by Gasteiger charge is 2.35. The SMILES string of the molecule is CC(C)C1CCC(C(=O)O)C(Cc2ccc(F)c(Cl)c2)C1. The summed E-state index contributed by atoms with van der Waals surface area (Å²) in [7, 11) is 0. The molecule has 2 rings (SSSR count). The average molecular weight is 313 g/mol. The second-order valence-electron chi connectivity index (χ2n) is 6.47. The van der Waals surface area contributed by atoms with E-state index in [0.29, 0.717) is 18.3 Å². The smallest absolute Gasteiger partial charge is 0.306 e. The van der Waals surface area contributed by atoms with E-state index < -0.39 is 11.8 Å². The van der Waals surface area contributed by atoms with Crippen molar-refractivity contribution in [2.45, 2.75) is 39.5 Å². The molecule has 1 saturated carbocycles. The van der Waals surface area contributed by atoms with Gasteiger partial charge in [0.1, 0.15) is 5.82 Å². The van der Waals surface area contributed by atoms with Crippen molar-refractivity contribution in [2.24, 2.45) is 23.7 Å². The number of carbonyl (C=O) groups is 1. The molecule has 1 N–H and O–H groups in total. The van der Waals surface area contributed by atoms with Crippen LogP contribution in [0.15, 0.2) is 18.2 Å². The topological polar surface area (TPSA) is 37.3 Å². The quantitative estimate of drug-likeness (QED) is 0.867. The van der Waals surface area contributed by atoms with Crippen LogP contribution in [0.1, 0.15) is 38.7 Å². The summed E-state index contributed by atoms with van der Waals surface area (Å²) in [4.78, 5) is 11.5. The summed E-state index contributed by atoms with van der Waals surface area (Å²) in [6.45, 7) is 4.38. The molecular formula is C17H22ClFO2. The maximum Gasteiger partial charge on any atom is 0.306 e. The van der Waals surface area contributed by atoms with E-state index in [1.165, 1.54) is 6.07 Å². The molecule has 21 heavy (non-hydrogen) atoms. The van der Waals surface area contributed by atoms with Crippen molar-refractivity contribution >= 4 is 17.6 Å². The molecule has 2 nitrogen and oxygen atoms in total. The fourth-order valence-electron chi connectivity index (χ4n) is 3.43. The molecular weight excluding hydrogens is 291 g/mol. The Morgan fingerprint density at radius 2 is 2.14 bits per heavy atom. The molecule has 0 radical (unpaired) electrons. The van der Waals surface area contributed by atoms with Gasteiger partial charge in [0.25, 0.3) is 0 Å². The van der Waals surface area contributed by atoms with Crippen molar-refractivity contribution in [1.82, 2.24) is 0 Å². The van der Waals surface area contributed by atoms with Crippen LogP contribution in [0.5, 0.6) is 0 Å². The van der Waals surface area contributed by atoms with Gasteiger partial charge in [-0.25, -0.2) is 4.39 Å². The Balaban J connectivity index is 2.15. The lowest BCUT2D eigenvalue weighted by Gasteiger charge is -2.36. The van der Waals surface area contributed by atoms with E-state index >= 15 is 0 Å². The Labute approximate surface area is 130 Å². The zero-order valence-electron chi connectivity index (χ0n) is 12.5. The average Bonchev–Trinajstić information content (AvgIpc) is 2.42. The van der Waals surface area contributed by atoms with Gasteiger partial charge in [-0.15, -0.1) is 0 Å². The zero-order valence-corrected chi connectivity index (χ0v) is 13.2. The standard InChI is InChI=1S/C17H22ClFO2/c1-10(2)12-4-5-14(17(20)21)13(9-12)7-11-3-6-16(19)15(18)8-11/h3,6,8,10,12-14H,4-5,7,9H2,1-2H3,(H,20,21). The largest absolute Gasteiger partial charge is 0.481 e. The molecule has 3 atom stereocenters. The zero-order chi connectivity index (χ0) is 15.6. The van der Waals surface area contributed by atoms with Gasteiger partial charge in [-0.1, -0.05) is 31.5 Å². The van der Waals surface area contributed by atoms with E-state index in [1.54, 1.807) is 12.1 Å². The van der Waals surface area contributed by atoms with Crippen LogP contribution in [0.3, 0.4) is 0 Å². The van der Waals surface area contributed by atoms with Gasteiger partial charge in [-0.2, -0.15) is 0 Å². The molecule has 1 aromatic rings. The Hall–Kier alpha value is -1.09. The minimum Gasteiger partial charge on any atom is -0.481 e. The molecule has 0 heterocycles. The lowest BCUT2D eigenvalue weighted by Crippen LogP contribution is -2.33. The second-order valence-corrected chi connectivity index (χ2v) is 6.88. The molecule has 1 aliphatic carbocycles. The van der Waals surface area contributed by atoms with E-state index in [2.05, 4.69) is 13.8 Å². The van der Waals surface area contributed by atoms with Gasteiger partial charge in [0.05, 0.1) is 10.9 Å². The van der Waals surface area contributed by atoms with Crippen LogP contribution < -0.4 is 0 Å². The van der Waals surface area contributed by atoms with Crippen LogP contribution in [0, 0.1) is 29.5 Å². The van der Waals surface area contributed by atoms with Crippen molar-refractivity contribution in [2.75, 3.05) is 0 Å². The van der Waals surface area contributed by atoms with E-state index in [4.69, 9.17) is 11.6 Å². The minimum atomic E-state index is -0.713. The van der Waals surface area contributed by atoms with E-state index in [1.807, 2.05) is 0 Å². The fourth-order valence-corrected chi connectivity index (χ4v) is 3.63. The highest BCUT2D eigenvalue weighted by atomic mass is 35.5. The molecule has 0 amide bonds. The first-order valence-corrected chi connectivity index (χ1v) is 7.93. The van der Waals surface area contributed by atoms with Gasteiger partial charge in [-0.05, 0) is 61.1 Å². The van der Waals surface area contributed by atoms with E-state index in [-0.39, 0.29) is 16.9 Å². The van der Waals surface area contributed by atoms with Crippen molar-refractivity contribution in [3.63, 3.8) is 0 Å². The first-order valence-electron chi connectivity index (χ1n) is 7.55. The third kappa shape index (κ3) is 3.97. The van der Waals surface area contributed by atoms with Crippen molar-refractivity contribution in [1.29, 1.82) is 0 Å². The molecule has 0 saturated heterocycles. The number of halogens is 2.